The lowest BCUT2D eigenvalue weighted by Gasteiger charge is -2.40. The molecule has 21 heavy (non-hydrogen) atoms. The first-order valence-corrected chi connectivity index (χ1v) is 8.64. The number of carbonyl (C=O) groups is 1. The lowest BCUT2D eigenvalue weighted by Crippen LogP contribution is -2.55. The van der Waals surface area contributed by atoms with E-state index in [4.69, 9.17) is 5.73 Å². The van der Waals surface area contributed by atoms with Crippen molar-refractivity contribution in [3.05, 3.63) is 0 Å². The summed E-state index contributed by atoms with van der Waals surface area (Å²) in [5, 5.41) is 3.31. The number of amides is 1. The minimum absolute atomic E-state index is 0. The van der Waals surface area contributed by atoms with Crippen molar-refractivity contribution >= 4 is 18.3 Å². The summed E-state index contributed by atoms with van der Waals surface area (Å²) >= 11 is 0. The molecule has 4 atom stereocenters. The molecule has 3 rings (SSSR count). The van der Waals surface area contributed by atoms with Gasteiger partial charge in [0, 0.05) is 12.5 Å². The van der Waals surface area contributed by atoms with E-state index < -0.39 is 0 Å². The zero-order chi connectivity index (χ0) is 14.2. The molecule has 3 saturated carbocycles. The molecule has 122 valence electrons. The van der Waals surface area contributed by atoms with E-state index in [1.54, 1.807) is 0 Å². The third-order valence-electron chi connectivity index (χ3n) is 6.22. The summed E-state index contributed by atoms with van der Waals surface area (Å²) in [7, 11) is 0. The van der Waals surface area contributed by atoms with Crippen LogP contribution in [0.1, 0.15) is 64.7 Å². The highest BCUT2D eigenvalue weighted by Gasteiger charge is 2.43. The monoisotopic (exact) mass is 314 g/mol. The standard InChI is InChI=1S/C17H30N2O.ClH/c1-17(11-18,15-8-9-15)19-16(20)14-7-6-12-4-2-3-5-13(12)10-14;/h12-15H,2-11,18H2,1H3,(H,19,20);1H. The van der Waals surface area contributed by atoms with Gasteiger partial charge in [-0.2, -0.15) is 0 Å². The average molecular weight is 315 g/mol. The number of rotatable bonds is 4. The maximum Gasteiger partial charge on any atom is 0.223 e. The highest BCUT2D eigenvalue weighted by molar-refractivity contribution is 5.85. The quantitative estimate of drug-likeness (QED) is 0.837. The van der Waals surface area contributed by atoms with Gasteiger partial charge in [-0.3, -0.25) is 4.79 Å². The summed E-state index contributed by atoms with van der Waals surface area (Å²) in [5.74, 6) is 2.88. The molecule has 0 aromatic carbocycles. The molecule has 0 aromatic rings. The van der Waals surface area contributed by atoms with Crippen molar-refractivity contribution in [3.63, 3.8) is 0 Å². The molecule has 0 aromatic heterocycles. The minimum atomic E-state index is -0.152. The Morgan fingerprint density at radius 1 is 1.10 bits per heavy atom. The Morgan fingerprint density at radius 2 is 1.76 bits per heavy atom. The van der Waals surface area contributed by atoms with E-state index in [-0.39, 0.29) is 29.8 Å². The van der Waals surface area contributed by atoms with Crippen LogP contribution in [-0.4, -0.2) is 18.0 Å². The summed E-state index contributed by atoms with van der Waals surface area (Å²) in [6.45, 7) is 2.71. The zero-order valence-corrected chi connectivity index (χ0v) is 14.1. The summed E-state index contributed by atoms with van der Waals surface area (Å²) < 4.78 is 0. The molecule has 3 aliphatic rings. The van der Waals surface area contributed by atoms with E-state index in [9.17, 15) is 4.79 Å². The van der Waals surface area contributed by atoms with Crippen LogP contribution in [0.5, 0.6) is 0 Å². The number of nitrogens with two attached hydrogens (primary N) is 1. The van der Waals surface area contributed by atoms with Gasteiger partial charge in [0.2, 0.25) is 5.91 Å². The minimum Gasteiger partial charge on any atom is -0.349 e. The van der Waals surface area contributed by atoms with Crippen LogP contribution in [0.2, 0.25) is 0 Å². The smallest absolute Gasteiger partial charge is 0.223 e. The first kappa shape index (κ1) is 17.1. The number of hydrogen-bond donors (Lipinski definition) is 2. The first-order chi connectivity index (χ1) is 9.62. The van der Waals surface area contributed by atoms with Crippen molar-refractivity contribution in [2.75, 3.05) is 6.54 Å². The van der Waals surface area contributed by atoms with Gasteiger partial charge in [-0.15, -0.1) is 12.4 Å². The van der Waals surface area contributed by atoms with Gasteiger partial charge in [0.15, 0.2) is 0 Å². The SMILES string of the molecule is CC(CN)(NC(=O)C1CCC2CCCCC2C1)C1CC1.Cl. The number of hydrogen-bond acceptors (Lipinski definition) is 2. The zero-order valence-electron chi connectivity index (χ0n) is 13.3. The average Bonchev–Trinajstić information content (AvgIpc) is 3.31. The second kappa shape index (κ2) is 6.87. The summed E-state index contributed by atoms with van der Waals surface area (Å²) in [6, 6.07) is 0. The van der Waals surface area contributed by atoms with E-state index in [1.807, 2.05) is 0 Å². The van der Waals surface area contributed by atoms with E-state index in [2.05, 4.69) is 12.2 Å². The molecule has 0 saturated heterocycles. The fourth-order valence-electron chi connectivity index (χ4n) is 4.54. The number of halogens is 1. The summed E-state index contributed by atoms with van der Waals surface area (Å²) in [6.07, 6.45) is 11.5. The van der Waals surface area contributed by atoms with Crippen LogP contribution in [-0.2, 0) is 4.79 Å². The molecule has 0 radical (unpaired) electrons. The summed E-state index contributed by atoms with van der Waals surface area (Å²) in [5.41, 5.74) is 5.76. The van der Waals surface area contributed by atoms with Crippen molar-refractivity contribution in [3.8, 4) is 0 Å². The molecule has 4 unspecified atom stereocenters. The predicted octanol–water partition coefficient (Wildman–Crippen LogP) is 3.26. The molecule has 0 heterocycles. The third kappa shape index (κ3) is 3.73. The topological polar surface area (TPSA) is 55.1 Å². The molecule has 3 fully saturated rings. The van der Waals surface area contributed by atoms with Crippen molar-refractivity contribution < 1.29 is 4.79 Å². The first-order valence-electron chi connectivity index (χ1n) is 8.64. The fraction of sp³-hybridized carbons (Fsp3) is 0.941. The molecular weight excluding hydrogens is 284 g/mol. The molecule has 4 heteroatoms. The van der Waals surface area contributed by atoms with Gasteiger partial charge in [-0.25, -0.2) is 0 Å². The molecule has 3 nitrogen and oxygen atoms in total. The highest BCUT2D eigenvalue weighted by atomic mass is 35.5. The van der Waals surface area contributed by atoms with Gasteiger partial charge in [0.1, 0.15) is 0 Å². The Balaban J connectivity index is 0.00000161. The van der Waals surface area contributed by atoms with Gasteiger partial charge in [0.25, 0.3) is 0 Å². The van der Waals surface area contributed by atoms with Crippen molar-refractivity contribution in [2.24, 2.45) is 29.4 Å². The van der Waals surface area contributed by atoms with Gasteiger partial charge in [-0.1, -0.05) is 25.7 Å². The predicted molar refractivity (Wildman–Crippen MR) is 88.4 cm³/mol. The lowest BCUT2D eigenvalue weighted by atomic mass is 9.67. The van der Waals surface area contributed by atoms with Crippen LogP contribution >= 0.6 is 12.4 Å². The Labute approximate surface area is 135 Å². The Kier molecular flexibility index (Phi) is 5.59. The number of carbonyl (C=O) groups excluding carboxylic acids is 1. The maximum atomic E-state index is 12.6. The normalized spacial score (nSPS) is 35.0. The van der Waals surface area contributed by atoms with Gasteiger partial charge < -0.3 is 11.1 Å². The third-order valence-corrected chi connectivity index (χ3v) is 6.22. The van der Waals surface area contributed by atoms with E-state index >= 15 is 0 Å². The van der Waals surface area contributed by atoms with Crippen molar-refractivity contribution in [2.45, 2.75) is 70.3 Å². The number of fused-ring (bicyclic) bond motifs is 1. The van der Waals surface area contributed by atoms with E-state index in [0.29, 0.717) is 12.5 Å². The second-order valence-corrected chi connectivity index (χ2v) is 7.70. The van der Waals surface area contributed by atoms with Crippen LogP contribution in [0.25, 0.3) is 0 Å². The van der Waals surface area contributed by atoms with E-state index in [0.717, 1.165) is 24.7 Å². The largest absolute Gasteiger partial charge is 0.349 e. The van der Waals surface area contributed by atoms with E-state index in [1.165, 1.54) is 44.9 Å². The van der Waals surface area contributed by atoms with Crippen LogP contribution in [0.15, 0.2) is 0 Å². The molecule has 3 aliphatic carbocycles. The number of nitrogens with one attached hydrogen (secondary N) is 1. The summed E-state index contributed by atoms with van der Waals surface area (Å²) in [4.78, 5) is 12.6. The molecule has 0 bridgehead atoms. The molecule has 0 aliphatic heterocycles. The molecule has 0 spiro atoms. The van der Waals surface area contributed by atoms with Crippen LogP contribution in [0, 0.1) is 23.7 Å². The maximum absolute atomic E-state index is 12.6. The molecule has 1 amide bonds. The Bertz CT molecular complexity index is 372. The second-order valence-electron chi connectivity index (χ2n) is 7.70. The molecule has 3 N–H and O–H groups in total. The van der Waals surface area contributed by atoms with Gasteiger partial charge in [-0.05, 0) is 56.8 Å². The lowest BCUT2D eigenvalue weighted by molar-refractivity contribution is -0.129. The fourth-order valence-corrected chi connectivity index (χ4v) is 4.54. The molecular formula is C17H31ClN2O. The van der Waals surface area contributed by atoms with Crippen molar-refractivity contribution in [1.82, 2.24) is 5.32 Å². The van der Waals surface area contributed by atoms with Crippen molar-refractivity contribution in [1.29, 1.82) is 0 Å². The van der Waals surface area contributed by atoms with Crippen LogP contribution in [0.4, 0.5) is 0 Å². The highest BCUT2D eigenvalue weighted by Crippen LogP contribution is 2.43. The van der Waals surface area contributed by atoms with Crippen LogP contribution < -0.4 is 11.1 Å². The van der Waals surface area contributed by atoms with Gasteiger partial charge in [0.05, 0.1) is 5.54 Å². The Hall–Kier alpha value is -0.280. The Morgan fingerprint density at radius 3 is 2.38 bits per heavy atom. The van der Waals surface area contributed by atoms with Gasteiger partial charge >= 0.3 is 0 Å². The van der Waals surface area contributed by atoms with Crippen LogP contribution in [0.3, 0.4) is 0 Å².